The van der Waals surface area contributed by atoms with Gasteiger partial charge in [0, 0.05) is 30.1 Å². The highest BCUT2D eigenvalue weighted by atomic mass is 19.1. The number of hydrogen-bond acceptors (Lipinski definition) is 4. The number of benzene rings is 2. The van der Waals surface area contributed by atoms with Gasteiger partial charge in [0.25, 0.3) is 5.91 Å². The van der Waals surface area contributed by atoms with Crippen LogP contribution in [-0.4, -0.2) is 30.6 Å². The van der Waals surface area contributed by atoms with E-state index >= 15 is 0 Å². The van der Waals surface area contributed by atoms with Gasteiger partial charge in [0.05, 0.1) is 12.0 Å². The van der Waals surface area contributed by atoms with Crippen LogP contribution in [0.1, 0.15) is 15.9 Å². The summed E-state index contributed by atoms with van der Waals surface area (Å²) in [6, 6.07) is 11.9. The van der Waals surface area contributed by atoms with E-state index < -0.39 is 0 Å². The van der Waals surface area contributed by atoms with Gasteiger partial charge in [0.15, 0.2) is 5.82 Å². The third kappa shape index (κ3) is 3.59. The SMILES string of the molecule is O=C(NCc1ccc(-n2ccnc2)c(F)c1)c1cccc(-c2ncn[nH]2)c1. The fourth-order valence-electron chi connectivity index (χ4n) is 2.71. The van der Waals surface area contributed by atoms with Crippen molar-refractivity contribution in [1.82, 2.24) is 30.0 Å². The quantitative estimate of drug-likeness (QED) is 0.571. The molecule has 0 aliphatic heterocycles. The Hall–Kier alpha value is -3.81. The van der Waals surface area contributed by atoms with E-state index in [2.05, 4.69) is 25.5 Å². The molecule has 0 fully saturated rings. The fraction of sp³-hybridized carbons (Fsp3) is 0.0526. The van der Waals surface area contributed by atoms with E-state index in [9.17, 15) is 9.18 Å². The largest absolute Gasteiger partial charge is 0.348 e. The molecule has 0 saturated carbocycles. The van der Waals surface area contributed by atoms with Crippen molar-refractivity contribution in [3.8, 4) is 17.1 Å². The molecule has 4 rings (SSSR count). The van der Waals surface area contributed by atoms with Gasteiger partial charge in [-0.15, -0.1) is 0 Å². The summed E-state index contributed by atoms with van der Waals surface area (Å²) < 4.78 is 15.9. The Balaban J connectivity index is 1.45. The molecular formula is C19H15FN6O. The number of nitrogens with one attached hydrogen (secondary N) is 2. The number of nitrogens with zero attached hydrogens (tertiary/aromatic N) is 4. The molecule has 0 spiro atoms. The van der Waals surface area contributed by atoms with Gasteiger partial charge in [-0.2, -0.15) is 5.10 Å². The predicted molar refractivity (Wildman–Crippen MR) is 96.5 cm³/mol. The molecule has 8 heteroatoms. The first-order valence-corrected chi connectivity index (χ1v) is 8.21. The van der Waals surface area contributed by atoms with Gasteiger partial charge >= 0.3 is 0 Å². The molecule has 2 heterocycles. The molecule has 0 unspecified atom stereocenters. The number of H-pyrrole nitrogens is 1. The zero-order chi connectivity index (χ0) is 18.6. The van der Waals surface area contributed by atoms with Crippen LogP contribution in [0, 0.1) is 5.82 Å². The van der Waals surface area contributed by atoms with E-state index in [1.807, 2.05) is 6.07 Å². The summed E-state index contributed by atoms with van der Waals surface area (Å²) in [7, 11) is 0. The fourth-order valence-corrected chi connectivity index (χ4v) is 2.71. The van der Waals surface area contributed by atoms with Crippen molar-refractivity contribution in [2.45, 2.75) is 6.54 Å². The zero-order valence-electron chi connectivity index (χ0n) is 14.1. The smallest absolute Gasteiger partial charge is 0.251 e. The second kappa shape index (κ2) is 7.20. The average Bonchev–Trinajstić information content (AvgIpc) is 3.40. The Bertz CT molecular complexity index is 1060. The lowest BCUT2D eigenvalue weighted by molar-refractivity contribution is 0.0951. The summed E-state index contributed by atoms with van der Waals surface area (Å²) >= 11 is 0. The van der Waals surface area contributed by atoms with Gasteiger partial charge in [0.2, 0.25) is 0 Å². The highest BCUT2D eigenvalue weighted by molar-refractivity contribution is 5.95. The summed E-state index contributed by atoms with van der Waals surface area (Å²) in [5, 5.41) is 9.36. The molecule has 1 amide bonds. The minimum absolute atomic E-state index is 0.215. The van der Waals surface area contributed by atoms with Crippen molar-refractivity contribution in [3.05, 3.63) is 84.5 Å². The molecule has 27 heavy (non-hydrogen) atoms. The Kier molecular flexibility index (Phi) is 4.44. The molecule has 4 aromatic rings. The van der Waals surface area contributed by atoms with Gasteiger partial charge in [-0.3, -0.25) is 9.89 Å². The van der Waals surface area contributed by atoms with Crippen molar-refractivity contribution in [2.24, 2.45) is 0 Å². The van der Waals surface area contributed by atoms with E-state index in [0.717, 1.165) is 5.56 Å². The summed E-state index contributed by atoms with van der Waals surface area (Å²) in [5.74, 6) is -0.0515. The standard InChI is InChI=1S/C19H15FN6O/c20-16-8-13(4-5-17(16)26-7-6-21-12-26)10-22-19(27)15-3-1-2-14(9-15)18-23-11-24-25-18/h1-9,11-12H,10H2,(H,22,27)(H,23,24,25). The predicted octanol–water partition coefficient (Wildman–Crippen LogP) is 2.73. The first-order chi connectivity index (χ1) is 13.2. The van der Waals surface area contributed by atoms with Crippen molar-refractivity contribution < 1.29 is 9.18 Å². The van der Waals surface area contributed by atoms with Crippen LogP contribution in [0.15, 0.2) is 67.5 Å². The van der Waals surface area contributed by atoms with Crippen molar-refractivity contribution in [2.75, 3.05) is 0 Å². The third-order valence-electron chi connectivity index (χ3n) is 4.06. The Morgan fingerprint density at radius 3 is 2.89 bits per heavy atom. The Labute approximate surface area is 153 Å². The van der Waals surface area contributed by atoms with E-state index in [4.69, 9.17) is 0 Å². The molecular weight excluding hydrogens is 347 g/mol. The monoisotopic (exact) mass is 362 g/mol. The van der Waals surface area contributed by atoms with Crippen LogP contribution in [-0.2, 0) is 6.54 Å². The van der Waals surface area contributed by atoms with Crippen LogP contribution in [0.2, 0.25) is 0 Å². The highest BCUT2D eigenvalue weighted by Crippen LogP contribution is 2.17. The molecule has 2 aromatic carbocycles. The minimum atomic E-state index is -0.382. The number of hydrogen-bond donors (Lipinski definition) is 2. The minimum Gasteiger partial charge on any atom is -0.348 e. The maximum Gasteiger partial charge on any atom is 0.251 e. The second-order valence-electron chi connectivity index (χ2n) is 5.85. The van der Waals surface area contributed by atoms with Crippen LogP contribution in [0.5, 0.6) is 0 Å². The summed E-state index contributed by atoms with van der Waals surface area (Å²) in [6.07, 6.45) is 6.19. The van der Waals surface area contributed by atoms with Crippen molar-refractivity contribution >= 4 is 5.91 Å². The number of aromatic nitrogens is 5. The molecule has 0 aliphatic carbocycles. The first kappa shape index (κ1) is 16.6. The molecule has 2 aromatic heterocycles. The molecule has 0 bridgehead atoms. The number of carbonyl (C=O) groups is 1. The summed E-state index contributed by atoms with van der Waals surface area (Å²) in [4.78, 5) is 20.4. The van der Waals surface area contributed by atoms with Gasteiger partial charge < -0.3 is 9.88 Å². The second-order valence-corrected chi connectivity index (χ2v) is 5.85. The van der Waals surface area contributed by atoms with Gasteiger partial charge in [-0.25, -0.2) is 14.4 Å². The molecule has 0 atom stereocenters. The Morgan fingerprint density at radius 1 is 1.22 bits per heavy atom. The number of rotatable bonds is 5. The van der Waals surface area contributed by atoms with E-state index in [-0.39, 0.29) is 18.3 Å². The topological polar surface area (TPSA) is 88.5 Å². The van der Waals surface area contributed by atoms with Gasteiger partial charge in [-0.1, -0.05) is 18.2 Å². The molecule has 0 radical (unpaired) electrons. The number of amides is 1. The number of carbonyl (C=O) groups excluding carboxylic acids is 1. The summed E-state index contributed by atoms with van der Waals surface area (Å²) in [5.41, 5.74) is 2.31. The van der Waals surface area contributed by atoms with Crippen LogP contribution >= 0.6 is 0 Å². The number of aromatic amines is 1. The lowest BCUT2D eigenvalue weighted by Crippen LogP contribution is -2.22. The molecule has 0 saturated heterocycles. The van der Waals surface area contributed by atoms with E-state index in [0.29, 0.717) is 22.6 Å². The van der Waals surface area contributed by atoms with Crippen LogP contribution in [0.4, 0.5) is 4.39 Å². The first-order valence-electron chi connectivity index (χ1n) is 8.21. The molecule has 0 aliphatic rings. The van der Waals surface area contributed by atoms with E-state index in [1.165, 1.54) is 18.7 Å². The normalized spacial score (nSPS) is 10.7. The van der Waals surface area contributed by atoms with Crippen LogP contribution in [0.3, 0.4) is 0 Å². The third-order valence-corrected chi connectivity index (χ3v) is 4.06. The Morgan fingerprint density at radius 2 is 2.15 bits per heavy atom. The number of halogens is 1. The van der Waals surface area contributed by atoms with E-state index in [1.54, 1.807) is 47.3 Å². The zero-order valence-corrected chi connectivity index (χ0v) is 14.1. The van der Waals surface area contributed by atoms with Gasteiger partial charge in [0.1, 0.15) is 12.1 Å². The average molecular weight is 362 g/mol. The molecule has 7 nitrogen and oxygen atoms in total. The van der Waals surface area contributed by atoms with Crippen LogP contribution < -0.4 is 5.32 Å². The lowest BCUT2D eigenvalue weighted by Gasteiger charge is -2.09. The number of imidazole rings is 1. The summed E-state index contributed by atoms with van der Waals surface area (Å²) in [6.45, 7) is 0.215. The lowest BCUT2D eigenvalue weighted by atomic mass is 10.1. The van der Waals surface area contributed by atoms with Crippen molar-refractivity contribution in [3.63, 3.8) is 0 Å². The maximum atomic E-state index is 14.3. The van der Waals surface area contributed by atoms with Crippen LogP contribution in [0.25, 0.3) is 17.1 Å². The highest BCUT2D eigenvalue weighted by Gasteiger charge is 2.10. The maximum absolute atomic E-state index is 14.3. The molecule has 2 N–H and O–H groups in total. The van der Waals surface area contributed by atoms with Crippen molar-refractivity contribution in [1.29, 1.82) is 0 Å². The molecule has 134 valence electrons. The van der Waals surface area contributed by atoms with Gasteiger partial charge in [-0.05, 0) is 29.8 Å².